The quantitative estimate of drug-likeness (QED) is 0.328. The van der Waals surface area contributed by atoms with Gasteiger partial charge in [0.15, 0.2) is 22.9 Å². The third-order valence-electron chi connectivity index (χ3n) is 6.02. The van der Waals surface area contributed by atoms with Crippen molar-refractivity contribution in [3.8, 4) is 17.2 Å². The number of nitrogens with zero attached hydrogens (tertiary/aromatic N) is 1. The van der Waals surface area contributed by atoms with E-state index in [2.05, 4.69) is 0 Å². The molecule has 1 amide bonds. The third kappa shape index (κ3) is 3.72. The van der Waals surface area contributed by atoms with Gasteiger partial charge >= 0.3 is 0 Å². The van der Waals surface area contributed by atoms with Gasteiger partial charge in [0.1, 0.15) is 11.5 Å². The van der Waals surface area contributed by atoms with Crippen LogP contribution < -0.4 is 14.4 Å². The number of carbonyl (C=O) groups excluding carboxylic acids is 2. The lowest BCUT2D eigenvalue weighted by atomic mass is 9.94. The largest absolute Gasteiger partial charge is 0.506 e. The zero-order valence-corrected chi connectivity index (χ0v) is 19.9. The number of ketones is 1. The van der Waals surface area contributed by atoms with Gasteiger partial charge < -0.3 is 24.1 Å². The summed E-state index contributed by atoms with van der Waals surface area (Å²) in [4.78, 5) is 28.4. The van der Waals surface area contributed by atoms with Crippen LogP contribution in [0.3, 0.4) is 0 Å². The predicted molar refractivity (Wildman–Crippen MR) is 133 cm³/mol. The molecule has 1 aliphatic rings. The molecule has 2 heterocycles. The van der Waals surface area contributed by atoms with E-state index in [-0.39, 0.29) is 22.1 Å². The molecule has 1 unspecified atom stereocenters. The summed E-state index contributed by atoms with van der Waals surface area (Å²) >= 11 is 6.17. The molecule has 9 heteroatoms. The fraction of sp³-hybridized carbons (Fsp3) is 0.111. The van der Waals surface area contributed by atoms with Gasteiger partial charge in [0, 0.05) is 17.1 Å². The van der Waals surface area contributed by atoms with Crippen LogP contribution in [0.5, 0.6) is 17.2 Å². The molecule has 1 aliphatic heterocycles. The van der Waals surface area contributed by atoms with Crippen molar-refractivity contribution in [3.63, 3.8) is 0 Å². The monoisotopic (exact) mass is 505 g/mol. The molecule has 0 bridgehead atoms. The molecule has 0 saturated heterocycles. The van der Waals surface area contributed by atoms with Crippen LogP contribution >= 0.6 is 11.6 Å². The Hall–Kier alpha value is -4.43. The lowest BCUT2D eigenvalue weighted by Crippen LogP contribution is -2.31. The Labute approximate surface area is 210 Å². The number of halogens is 1. The fourth-order valence-electron chi connectivity index (χ4n) is 4.31. The highest BCUT2D eigenvalue weighted by Gasteiger charge is 2.45. The molecule has 8 nitrogen and oxygen atoms in total. The van der Waals surface area contributed by atoms with E-state index in [9.17, 15) is 19.8 Å². The smallest absolute Gasteiger partial charge is 0.294 e. The Morgan fingerprint density at radius 3 is 2.50 bits per heavy atom. The molecule has 1 aromatic heterocycles. The van der Waals surface area contributed by atoms with Crippen LogP contribution in [0.4, 0.5) is 5.69 Å². The number of methoxy groups -OCH3 is 2. The van der Waals surface area contributed by atoms with Gasteiger partial charge in [-0.05, 0) is 42.0 Å². The van der Waals surface area contributed by atoms with Crippen molar-refractivity contribution in [1.82, 2.24) is 0 Å². The van der Waals surface area contributed by atoms with Crippen molar-refractivity contribution < 1.29 is 33.7 Å². The molecule has 0 spiro atoms. The lowest BCUT2D eigenvalue weighted by molar-refractivity contribution is -0.117. The number of carbonyl (C=O) groups is 2. The summed E-state index contributed by atoms with van der Waals surface area (Å²) in [6.45, 7) is 0. The van der Waals surface area contributed by atoms with Gasteiger partial charge in [0.2, 0.25) is 5.78 Å². The van der Waals surface area contributed by atoms with E-state index in [0.717, 1.165) is 0 Å². The maximum Gasteiger partial charge on any atom is 0.294 e. The molecule has 182 valence electrons. The van der Waals surface area contributed by atoms with Gasteiger partial charge in [-0.25, -0.2) is 0 Å². The number of amides is 1. The Morgan fingerprint density at radius 1 is 1.00 bits per heavy atom. The van der Waals surface area contributed by atoms with Crippen LogP contribution in [0, 0.1) is 0 Å². The molecule has 0 aliphatic carbocycles. The first kappa shape index (κ1) is 23.3. The summed E-state index contributed by atoms with van der Waals surface area (Å²) in [7, 11) is 2.97. The van der Waals surface area contributed by atoms with Crippen LogP contribution in [-0.2, 0) is 4.79 Å². The predicted octanol–water partition coefficient (Wildman–Crippen LogP) is 5.59. The molecule has 4 aromatic rings. The number of aromatic hydroxyl groups is 1. The van der Waals surface area contributed by atoms with Crippen LogP contribution in [0.25, 0.3) is 11.0 Å². The topological polar surface area (TPSA) is 109 Å². The molecule has 36 heavy (non-hydrogen) atoms. The minimum atomic E-state index is -1.06. The number of aliphatic hydroxyl groups is 1. The van der Waals surface area contributed by atoms with Gasteiger partial charge in [-0.2, -0.15) is 0 Å². The van der Waals surface area contributed by atoms with E-state index in [1.54, 1.807) is 42.5 Å². The summed E-state index contributed by atoms with van der Waals surface area (Å²) in [5, 5.41) is 21.6. The first-order valence-electron chi connectivity index (χ1n) is 10.8. The highest BCUT2D eigenvalue weighted by Crippen LogP contribution is 2.44. The normalized spacial score (nSPS) is 15.6. The van der Waals surface area contributed by atoms with Gasteiger partial charge in [0.25, 0.3) is 5.91 Å². The number of phenols is 1. The maximum absolute atomic E-state index is 13.8. The number of ether oxygens (including phenoxy) is 2. The molecule has 1 atom stereocenters. The first-order valence-corrected chi connectivity index (χ1v) is 11.2. The van der Waals surface area contributed by atoms with Crippen LogP contribution in [0.15, 0.2) is 82.5 Å². The van der Waals surface area contributed by atoms with E-state index < -0.39 is 23.5 Å². The van der Waals surface area contributed by atoms with E-state index in [1.807, 2.05) is 0 Å². The Kier molecular flexibility index (Phi) is 5.81. The minimum absolute atomic E-state index is 0.0252. The van der Waals surface area contributed by atoms with Crippen molar-refractivity contribution in [2.24, 2.45) is 0 Å². The van der Waals surface area contributed by atoms with E-state index >= 15 is 0 Å². The van der Waals surface area contributed by atoms with Gasteiger partial charge in [-0.1, -0.05) is 35.9 Å². The van der Waals surface area contributed by atoms with Crippen molar-refractivity contribution in [3.05, 3.63) is 94.4 Å². The van der Waals surface area contributed by atoms with Crippen molar-refractivity contribution in [1.29, 1.82) is 0 Å². The standard InChI is InChI=1S/C27H20ClNO7/c1-34-17-7-4-6-16(13-17)29-23(14-9-10-19(30)18(28)11-14)22(25(32)27(29)33)24(31)21-12-15-5-3-8-20(35-2)26(15)36-21/h3-13,23,30,32H,1-2H3. The number of phenolic OH excluding ortho intramolecular Hbond substituents is 1. The number of para-hydroxylation sites is 1. The Bertz CT molecular complexity index is 1560. The maximum atomic E-state index is 13.8. The number of hydrogen-bond donors (Lipinski definition) is 2. The number of aliphatic hydroxyl groups excluding tert-OH is 1. The summed E-state index contributed by atoms with van der Waals surface area (Å²) in [5.74, 6) is -1.51. The molecule has 0 saturated carbocycles. The number of anilines is 1. The summed E-state index contributed by atoms with van der Waals surface area (Å²) in [6.07, 6.45) is 0. The average molecular weight is 506 g/mol. The van der Waals surface area contributed by atoms with Gasteiger partial charge in [-0.3, -0.25) is 14.5 Å². The molecule has 3 aromatic carbocycles. The molecular formula is C27H20ClNO7. The summed E-state index contributed by atoms with van der Waals surface area (Å²) in [6, 6.07) is 16.7. The summed E-state index contributed by atoms with van der Waals surface area (Å²) in [5.41, 5.74) is 0.952. The Morgan fingerprint density at radius 2 is 1.78 bits per heavy atom. The molecular weight excluding hydrogens is 486 g/mol. The van der Waals surface area contributed by atoms with Gasteiger partial charge in [-0.15, -0.1) is 0 Å². The fourth-order valence-corrected chi connectivity index (χ4v) is 4.50. The van der Waals surface area contributed by atoms with Crippen molar-refractivity contribution in [2.45, 2.75) is 6.04 Å². The minimum Gasteiger partial charge on any atom is -0.506 e. The molecule has 2 N–H and O–H groups in total. The number of furan rings is 1. The van der Waals surface area contributed by atoms with Crippen LogP contribution in [0.1, 0.15) is 22.2 Å². The zero-order valence-electron chi connectivity index (χ0n) is 19.2. The number of rotatable bonds is 6. The van der Waals surface area contributed by atoms with Crippen LogP contribution in [0.2, 0.25) is 5.02 Å². The SMILES string of the molecule is COc1cccc(N2C(=O)C(O)=C(C(=O)c3cc4cccc(OC)c4o3)C2c2ccc(O)c(Cl)c2)c1. The molecule has 0 radical (unpaired) electrons. The lowest BCUT2D eigenvalue weighted by Gasteiger charge is -2.27. The number of Topliss-reactive ketones (excluding diaryl/α,β-unsaturated/α-hetero) is 1. The zero-order chi connectivity index (χ0) is 25.6. The van der Waals surface area contributed by atoms with E-state index in [1.165, 1.54) is 43.4 Å². The average Bonchev–Trinajstić information content (AvgIpc) is 3.44. The highest BCUT2D eigenvalue weighted by molar-refractivity contribution is 6.32. The first-order chi connectivity index (χ1) is 17.3. The van der Waals surface area contributed by atoms with E-state index in [4.69, 9.17) is 25.5 Å². The highest BCUT2D eigenvalue weighted by atomic mass is 35.5. The van der Waals surface area contributed by atoms with Crippen molar-refractivity contribution >= 4 is 39.9 Å². The van der Waals surface area contributed by atoms with Crippen LogP contribution in [-0.4, -0.2) is 36.1 Å². The Balaban J connectivity index is 1.68. The summed E-state index contributed by atoms with van der Waals surface area (Å²) < 4.78 is 16.4. The van der Waals surface area contributed by atoms with E-state index in [0.29, 0.717) is 33.7 Å². The van der Waals surface area contributed by atoms with Gasteiger partial charge in [0.05, 0.1) is 30.9 Å². The second-order valence-corrected chi connectivity index (χ2v) is 8.48. The third-order valence-corrected chi connectivity index (χ3v) is 6.33. The number of hydrogen-bond acceptors (Lipinski definition) is 7. The van der Waals surface area contributed by atoms with Crippen molar-refractivity contribution in [2.75, 3.05) is 19.1 Å². The number of benzene rings is 3. The molecule has 0 fully saturated rings. The second kappa shape index (κ2) is 8.98. The molecule has 5 rings (SSSR count). The number of fused-ring (bicyclic) bond motifs is 1. The second-order valence-electron chi connectivity index (χ2n) is 8.07.